The summed E-state index contributed by atoms with van der Waals surface area (Å²) in [6.07, 6.45) is 1.66. The molecule has 0 amide bonds. The quantitative estimate of drug-likeness (QED) is 0.470. The first-order chi connectivity index (χ1) is 7.86. The van der Waals surface area contributed by atoms with E-state index in [2.05, 4.69) is 25.6 Å². The van der Waals surface area contributed by atoms with Gasteiger partial charge in [0, 0.05) is 0 Å². The molecule has 1 saturated heterocycles. The van der Waals surface area contributed by atoms with Gasteiger partial charge in [-0.3, -0.25) is 10.5 Å². The first-order valence-corrected chi connectivity index (χ1v) is 4.79. The summed E-state index contributed by atoms with van der Waals surface area (Å²) in [7, 11) is 0. The van der Waals surface area contributed by atoms with Gasteiger partial charge in [0.15, 0.2) is 5.65 Å². The molecule has 84 valence electrons. The molecule has 3 heterocycles. The van der Waals surface area contributed by atoms with Gasteiger partial charge in [0.2, 0.25) is 11.8 Å². The number of aromatic nitrogens is 4. The summed E-state index contributed by atoms with van der Waals surface area (Å²) in [5, 5.41) is 7.34. The van der Waals surface area contributed by atoms with Gasteiger partial charge in [0.25, 0.3) is 0 Å². The van der Waals surface area contributed by atoms with Gasteiger partial charge in [0.05, 0.1) is 19.4 Å². The third kappa shape index (κ3) is 1.44. The topological polar surface area (TPSA) is 111 Å². The zero-order valence-electron chi connectivity index (χ0n) is 8.30. The maximum absolute atomic E-state index is 5.63. The molecule has 8 heteroatoms. The number of hydrogen-bond donors (Lipinski definition) is 3. The van der Waals surface area contributed by atoms with Crippen molar-refractivity contribution < 1.29 is 9.47 Å². The maximum Gasteiger partial charge on any atom is 0.242 e. The van der Waals surface area contributed by atoms with E-state index >= 15 is 0 Å². The minimum absolute atomic E-state index is 0.0404. The van der Waals surface area contributed by atoms with Crippen LogP contribution in [0, 0.1) is 0 Å². The molecular weight excluding hydrogens is 212 g/mol. The number of nitrogens with zero attached hydrogens (tertiary/aromatic N) is 3. The van der Waals surface area contributed by atoms with E-state index in [0.29, 0.717) is 24.7 Å². The van der Waals surface area contributed by atoms with Crippen LogP contribution in [0.15, 0.2) is 6.20 Å². The summed E-state index contributed by atoms with van der Waals surface area (Å²) >= 11 is 0. The summed E-state index contributed by atoms with van der Waals surface area (Å²) in [4.78, 5) is 8.22. The van der Waals surface area contributed by atoms with E-state index in [9.17, 15) is 0 Å². The highest BCUT2D eigenvalue weighted by atomic mass is 16.6. The Morgan fingerprint density at radius 1 is 1.50 bits per heavy atom. The summed E-state index contributed by atoms with van der Waals surface area (Å²) in [5.74, 6) is 6.01. The lowest BCUT2D eigenvalue weighted by atomic mass is 10.3. The molecule has 2 aromatic heterocycles. The highest BCUT2D eigenvalue weighted by molar-refractivity contribution is 5.80. The molecule has 0 spiro atoms. The number of nitrogens with two attached hydrogens (primary N) is 1. The van der Waals surface area contributed by atoms with Crippen molar-refractivity contribution in [2.24, 2.45) is 5.84 Å². The van der Waals surface area contributed by atoms with E-state index in [0.717, 1.165) is 5.39 Å². The van der Waals surface area contributed by atoms with Crippen molar-refractivity contribution in [1.82, 2.24) is 20.2 Å². The fourth-order valence-electron chi connectivity index (χ4n) is 1.40. The molecule has 1 aliphatic heterocycles. The second-order valence-corrected chi connectivity index (χ2v) is 3.41. The summed E-state index contributed by atoms with van der Waals surface area (Å²) in [6, 6.07) is 0. The number of nitrogens with one attached hydrogen (secondary N) is 2. The third-order valence-electron chi connectivity index (χ3n) is 2.29. The minimum Gasteiger partial charge on any atom is -0.469 e. The molecular formula is C8H10N6O2. The number of fused-ring (bicyclic) bond motifs is 1. The van der Waals surface area contributed by atoms with E-state index in [1.807, 2.05) is 0 Å². The van der Waals surface area contributed by atoms with Gasteiger partial charge in [0.1, 0.15) is 11.5 Å². The molecule has 0 unspecified atom stereocenters. The van der Waals surface area contributed by atoms with Crippen LogP contribution in [0.2, 0.25) is 0 Å². The lowest BCUT2D eigenvalue weighted by molar-refractivity contribution is -0.0806. The fraction of sp³-hybridized carbons (Fsp3) is 0.375. The Balaban J connectivity index is 2.01. The van der Waals surface area contributed by atoms with Crippen LogP contribution in [0.3, 0.4) is 0 Å². The number of aromatic amines is 1. The van der Waals surface area contributed by atoms with Gasteiger partial charge in [-0.2, -0.15) is 15.1 Å². The number of rotatable bonds is 3. The Bertz CT molecular complexity index is 508. The number of ether oxygens (including phenoxy) is 2. The van der Waals surface area contributed by atoms with E-state index in [1.54, 1.807) is 6.20 Å². The molecule has 1 fully saturated rings. The molecule has 2 aromatic rings. The largest absolute Gasteiger partial charge is 0.469 e. The van der Waals surface area contributed by atoms with Gasteiger partial charge in [-0.05, 0) is 0 Å². The first kappa shape index (κ1) is 9.31. The van der Waals surface area contributed by atoms with Gasteiger partial charge < -0.3 is 9.47 Å². The SMILES string of the molecule is NNc1nc(OC2COC2)c2cn[nH]c2n1. The predicted octanol–water partition coefficient (Wildman–Crippen LogP) is -0.584. The van der Waals surface area contributed by atoms with Gasteiger partial charge in [-0.15, -0.1) is 0 Å². The molecule has 0 saturated carbocycles. The number of H-pyrrole nitrogens is 1. The summed E-state index contributed by atoms with van der Waals surface area (Å²) in [5.41, 5.74) is 2.96. The van der Waals surface area contributed by atoms with Crippen LogP contribution in [0.25, 0.3) is 11.0 Å². The van der Waals surface area contributed by atoms with Crippen LogP contribution in [-0.4, -0.2) is 39.5 Å². The monoisotopic (exact) mass is 222 g/mol. The van der Waals surface area contributed by atoms with Crippen LogP contribution >= 0.6 is 0 Å². The first-order valence-electron chi connectivity index (χ1n) is 4.79. The van der Waals surface area contributed by atoms with E-state index < -0.39 is 0 Å². The van der Waals surface area contributed by atoms with Crippen LogP contribution in [0.4, 0.5) is 5.95 Å². The fourth-order valence-corrected chi connectivity index (χ4v) is 1.40. The van der Waals surface area contributed by atoms with Gasteiger partial charge >= 0.3 is 0 Å². The number of nitrogen functional groups attached to an aromatic ring is 1. The second-order valence-electron chi connectivity index (χ2n) is 3.41. The summed E-state index contributed by atoms with van der Waals surface area (Å²) < 4.78 is 10.7. The normalized spacial score (nSPS) is 16.1. The Hall–Kier alpha value is -1.93. The van der Waals surface area contributed by atoms with Crippen molar-refractivity contribution in [3.8, 4) is 5.88 Å². The Labute approximate surface area is 90.1 Å². The molecule has 8 nitrogen and oxygen atoms in total. The van der Waals surface area contributed by atoms with Crippen LogP contribution in [0.5, 0.6) is 5.88 Å². The lowest BCUT2D eigenvalue weighted by Gasteiger charge is -2.26. The second kappa shape index (κ2) is 3.58. The smallest absolute Gasteiger partial charge is 0.242 e. The molecule has 0 radical (unpaired) electrons. The van der Waals surface area contributed by atoms with E-state index in [-0.39, 0.29) is 12.1 Å². The number of hydrogen-bond acceptors (Lipinski definition) is 7. The van der Waals surface area contributed by atoms with Gasteiger partial charge in [-0.25, -0.2) is 5.84 Å². The number of anilines is 1. The van der Waals surface area contributed by atoms with Crippen molar-refractivity contribution in [2.45, 2.75) is 6.10 Å². The van der Waals surface area contributed by atoms with Crippen LogP contribution in [-0.2, 0) is 4.74 Å². The molecule has 0 bridgehead atoms. The number of hydrazine groups is 1. The third-order valence-corrected chi connectivity index (χ3v) is 2.29. The van der Waals surface area contributed by atoms with E-state index in [1.165, 1.54) is 0 Å². The average molecular weight is 222 g/mol. The highest BCUT2D eigenvalue weighted by Crippen LogP contribution is 2.24. The zero-order valence-corrected chi connectivity index (χ0v) is 8.30. The maximum atomic E-state index is 5.63. The van der Waals surface area contributed by atoms with Crippen LogP contribution in [0.1, 0.15) is 0 Å². The summed E-state index contributed by atoms with van der Waals surface area (Å²) in [6.45, 7) is 1.16. The Morgan fingerprint density at radius 3 is 3.06 bits per heavy atom. The minimum atomic E-state index is 0.0404. The van der Waals surface area contributed by atoms with Crippen LogP contribution < -0.4 is 16.0 Å². The predicted molar refractivity (Wildman–Crippen MR) is 54.7 cm³/mol. The van der Waals surface area contributed by atoms with Gasteiger partial charge in [-0.1, -0.05) is 0 Å². The molecule has 0 atom stereocenters. The van der Waals surface area contributed by atoms with E-state index in [4.69, 9.17) is 15.3 Å². The highest BCUT2D eigenvalue weighted by Gasteiger charge is 2.22. The Morgan fingerprint density at radius 2 is 2.38 bits per heavy atom. The molecule has 0 aliphatic carbocycles. The molecule has 4 N–H and O–H groups in total. The Kier molecular flexibility index (Phi) is 2.08. The molecule has 16 heavy (non-hydrogen) atoms. The van der Waals surface area contributed by atoms with Crippen molar-refractivity contribution in [3.05, 3.63) is 6.20 Å². The van der Waals surface area contributed by atoms with Crippen molar-refractivity contribution >= 4 is 17.0 Å². The van der Waals surface area contributed by atoms with Crippen molar-refractivity contribution in [3.63, 3.8) is 0 Å². The van der Waals surface area contributed by atoms with Crippen molar-refractivity contribution in [1.29, 1.82) is 0 Å². The molecule has 1 aliphatic rings. The average Bonchev–Trinajstić information content (AvgIpc) is 2.70. The molecule has 0 aromatic carbocycles. The lowest BCUT2D eigenvalue weighted by Crippen LogP contribution is -2.38. The standard InChI is InChI=1S/C8H10N6O2/c9-13-8-11-6-5(1-10-14-6)7(12-8)16-4-2-15-3-4/h1,4H,2-3,9H2,(H2,10,11,12,13,14). The zero-order chi connectivity index (χ0) is 11.0. The molecule has 3 rings (SSSR count). The van der Waals surface area contributed by atoms with Crippen molar-refractivity contribution in [2.75, 3.05) is 18.6 Å².